The second kappa shape index (κ2) is 6.49. The van der Waals surface area contributed by atoms with Gasteiger partial charge in [-0.1, -0.05) is 0 Å². The summed E-state index contributed by atoms with van der Waals surface area (Å²) >= 11 is 4.97. The van der Waals surface area contributed by atoms with Gasteiger partial charge in [0, 0.05) is 41.7 Å². The second-order valence-electron chi connectivity index (χ2n) is 9.32. The fourth-order valence-electron chi connectivity index (χ4n) is 5.26. The van der Waals surface area contributed by atoms with Gasteiger partial charge in [-0.3, -0.25) is 4.79 Å². The largest absolute Gasteiger partial charge is 0.369 e. The molecule has 1 aliphatic heterocycles. The van der Waals surface area contributed by atoms with Crippen LogP contribution in [0.2, 0.25) is 0 Å². The van der Waals surface area contributed by atoms with Crippen LogP contribution in [0.4, 0.5) is 10.1 Å². The van der Waals surface area contributed by atoms with Crippen molar-refractivity contribution in [3.63, 3.8) is 0 Å². The molecule has 31 heavy (non-hydrogen) atoms. The number of pyridine rings is 1. The molecule has 1 saturated heterocycles. The smallest absolute Gasteiger partial charge is 0.314 e. The van der Waals surface area contributed by atoms with Gasteiger partial charge in [0.15, 0.2) is 5.82 Å². The van der Waals surface area contributed by atoms with Crippen molar-refractivity contribution in [1.82, 2.24) is 14.7 Å². The summed E-state index contributed by atoms with van der Waals surface area (Å²) < 4.78 is 22.5. The van der Waals surface area contributed by atoms with Crippen molar-refractivity contribution in [1.29, 1.82) is 0 Å². The van der Waals surface area contributed by atoms with Crippen LogP contribution in [0.1, 0.15) is 43.7 Å². The van der Waals surface area contributed by atoms with Crippen LogP contribution in [0.5, 0.6) is 0 Å². The second-order valence-corrected chi connectivity index (χ2v) is 9.67. The molecule has 6 rings (SSSR count). The molecular formula is C22H24FN5O2S. The zero-order valence-electron chi connectivity index (χ0n) is 17.3. The molecule has 1 unspecified atom stereocenters. The minimum atomic E-state index is -0.295. The fourth-order valence-corrected chi connectivity index (χ4v) is 5.40. The van der Waals surface area contributed by atoms with E-state index in [9.17, 15) is 4.79 Å². The molecular weight excluding hydrogens is 417 g/mol. The predicted molar refractivity (Wildman–Crippen MR) is 118 cm³/mol. The number of aromatic amines is 1. The number of aromatic nitrogens is 3. The summed E-state index contributed by atoms with van der Waals surface area (Å²) in [6, 6.07) is 3.18. The summed E-state index contributed by atoms with van der Waals surface area (Å²) in [4.78, 5) is 19.4. The van der Waals surface area contributed by atoms with Gasteiger partial charge in [0.2, 0.25) is 0 Å². The lowest BCUT2D eigenvalue weighted by Crippen LogP contribution is -2.35. The van der Waals surface area contributed by atoms with Crippen LogP contribution in [0.3, 0.4) is 0 Å². The first kappa shape index (κ1) is 19.2. The summed E-state index contributed by atoms with van der Waals surface area (Å²) in [5.74, 6) is 0.424. The lowest BCUT2D eigenvalue weighted by Gasteiger charge is -2.25. The highest BCUT2D eigenvalue weighted by atomic mass is 32.1. The first-order valence-electron chi connectivity index (χ1n) is 10.8. The Kier molecular flexibility index (Phi) is 4.02. The molecule has 3 N–H and O–H groups in total. The van der Waals surface area contributed by atoms with Crippen LogP contribution in [-0.4, -0.2) is 33.3 Å². The number of nitrogens with two attached hydrogens (primary N) is 1. The quantitative estimate of drug-likeness (QED) is 0.598. The average Bonchev–Trinajstić information content (AvgIpc) is 3.61. The summed E-state index contributed by atoms with van der Waals surface area (Å²) in [7, 11) is 0. The van der Waals surface area contributed by atoms with Gasteiger partial charge in [-0.2, -0.15) is 4.98 Å². The maximum absolute atomic E-state index is 15.6. The van der Waals surface area contributed by atoms with Crippen molar-refractivity contribution in [2.75, 3.05) is 18.0 Å². The van der Waals surface area contributed by atoms with Gasteiger partial charge in [-0.05, 0) is 68.8 Å². The van der Waals surface area contributed by atoms with Gasteiger partial charge in [0.1, 0.15) is 5.82 Å². The normalized spacial score (nSPS) is 22.4. The van der Waals surface area contributed by atoms with Crippen molar-refractivity contribution in [2.24, 2.45) is 11.7 Å². The molecule has 3 aromatic rings. The van der Waals surface area contributed by atoms with Crippen LogP contribution < -0.4 is 16.2 Å². The van der Waals surface area contributed by atoms with E-state index in [1.54, 1.807) is 0 Å². The molecule has 1 aromatic carbocycles. The van der Waals surface area contributed by atoms with Crippen molar-refractivity contribution in [3.05, 3.63) is 38.7 Å². The molecule has 3 heterocycles. The molecule has 2 aliphatic carbocycles. The summed E-state index contributed by atoms with van der Waals surface area (Å²) in [5.41, 5.74) is 8.88. The standard InChI is InChI=1S/C22H24FN5O2S/c1-11-18-14(8-16(23)19(11)27-7-4-12(10-27)22(24)5-6-22)15(20-25-21(31)30-26-20)9-17(29)28(18)13-2-3-13/h8-9,12-13H,2-7,10,24H2,1H3,(H,25,26,31). The van der Waals surface area contributed by atoms with Gasteiger partial charge in [-0.15, -0.1) is 0 Å². The molecule has 7 nitrogen and oxygen atoms in total. The number of hydrogen-bond acceptors (Lipinski definition) is 6. The molecule has 9 heteroatoms. The monoisotopic (exact) mass is 441 g/mol. The molecule has 1 atom stereocenters. The van der Waals surface area contributed by atoms with Gasteiger partial charge >= 0.3 is 4.84 Å². The van der Waals surface area contributed by atoms with Gasteiger partial charge < -0.3 is 19.7 Å². The minimum absolute atomic E-state index is 0.0437. The molecule has 3 aliphatic rings. The fraction of sp³-hybridized carbons (Fsp3) is 0.500. The lowest BCUT2D eigenvalue weighted by molar-refractivity contribution is 0.406. The van der Waals surface area contributed by atoms with E-state index in [-0.39, 0.29) is 27.8 Å². The van der Waals surface area contributed by atoms with Crippen LogP contribution in [-0.2, 0) is 0 Å². The van der Waals surface area contributed by atoms with E-state index >= 15 is 4.39 Å². The molecule has 2 saturated carbocycles. The van der Waals surface area contributed by atoms with E-state index in [0.29, 0.717) is 28.4 Å². The number of nitrogens with zero attached hydrogens (tertiary/aromatic N) is 3. The molecule has 2 aromatic heterocycles. The number of H-pyrrole nitrogens is 1. The summed E-state index contributed by atoms with van der Waals surface area (Å²) in [5, 5.41) is 3.30. The number of fused-ring (bicyclic) bond motifs is 1. The Balaban J connectivity index is 1.57. The Morgan fingerprint density at radius 3 is 2.74 bits per heavy atom. The van der Waals surface area contributed by atoms with E-state index in [4.69, 9.17) is 22.5 Å². The van der Waals surface area contributed by atoms with E-state index in [1.165, 1.54) is 12.1 Å². The van der Waals surface area contributed by atoms with Gasteiger partial charge in [-0.25, -0.2) is 9.55 Å². The SMILES string of the molecule is Cc1c(N2CCC(C3(N)CC3)C2)c(F)cc2c(-c3nc(=S)o[nH]3)cc(=O)n(C3CC3)c12. The van der Waals surface area contributed by atoms with Crippen molar-refractivity contribution in [3.8, 4) is 11.4 Å². The van der Waals surface area contributed by atoms with Crippen molar-refractivity contribution in [2.45, 2.75) is 50.6 Å². The maximum Gasteiger partial charge on any atom is 0.314 e. The predicted octanol–water partition coefficient (Wildman–Crippen LogP) is 3.81. The number of halogens is 1. The Labute approximate surface area is 183 Å². The van der Waals surface area contributed by atoms with Crippen molar-refractivity contribution >= 4 is 28.8 Å². The van der Waals surface area contributed by atoms with Crippen LogP contribution >= 0.6 is 12.2 Å². The van der Waals surface area contributed by atoms with Gasteiger partial charge in [0.25, 0.3) is 5.56 Å². The molecule has 162 valence electrons. The first-order chi connectivity index (χ1) is 14.9. The third kappa shape index (κ3) is 2.97. The van der Waals surface area contributed by atoms with E-state index < -0.39 is 0 Å². The molecule has 0 spiro atoms. The van der Waals surface area contributed by atoms with Crippen LogP contribution in [0.25, 0.3) is 22.3 Å². The number of hydrogen-bond donors (Lipinski definition) is 2. The molecule has 3 fully saturated rings. The van der Waals surface area contributed by atoms with E-state index in [0.717, 1.165) is 56.3 Å². The highest BCUT2D eigenvalue weighted by Crippen LogP contribution is 2.46. The Morgan fingerprint density at radius 1 is 1.32 bits per heavy atom. The third-order valence-electron chi connectivity index (χ3n) is 7.25. The topological polar surface area (TPSA) is 93.1 Å². The van der Waals surface area contributed by atoms with Crippen LogP contribution in [0, 0.1) is 23.5 Å². The molecule has 0 bridgehead atoms. The first-order valence-corrected chi connectivity index (χ1v) is 11.2. The van der Waals surface area contributed by atoms with Crippen molar-refractivity contribution < 1.29 is 8.91 Å². The number of anilines is 1. The van der Waals surface area contributed by atoms with E-state index in [1.807, 2.05) is 11.5 Å². The van der Waals surface area contributed by atoms with Gasteiger partial charge in [0.05, 0.1) is 11.2 Å². The zero-order chi connectivity index (χ0) is 21.5. The highest BCUT2D eigenvalue weighted by molar-refractivity contribution is 7.71. The average molecular weight is 442 g/mol. The maximum atomic E-state index is 15.6. The summed E-state index contributed by atoms with van der Waals surface area (Å²) in [6.45, 7) is 3.44. The Morgan fingerprint density at radius 2 is 2.10 bits per heavy atom. The minimum Gasteiger partial charge on any atom is -0.369 e. The molecule has 0 radical (unpaired) electrons. The van der Waals surface area contributed by atoms with E-state index in [2.05, 4.69) is 15.0 Å². The Hall–Kier alpha value is -2.52. The zero-order valence-corrected chi connectivity index (χ0v) is 18.1. The number of nitrogens with one attached hydrogen (secondary N) is 1. The lowest BCUT2D eigenvalue weighted by atomic mass is 9.97. The third-order valence-corrected chi connectivity index (χ3v) is 7.42. The number of aryl methyl sites for hydroxylation is 1. The number of benzene rings is 1. The Bertz CT molecular complexity index is 1330. The molecule has 0 amide bonds. The number of rotatable bonds is 4. The van der Waals surface area contributed by atoms with Crippen LogP contribution in [0.15, 0.2) is 21.5 Å². The highest BCUT2D eigenvalue weighted by Gasteiger charge is 2.48. The summed E-state index contributed by atoms with van der Waals surface area (Å²) in [6.07, 6.45) is 4.98.